The predicted octanol–water partition coefficient (Wildman–Crippen LogP) is 1.79. The van der Waals surface area contributed by atoms with Crippen LogP contribution in [0.15, 0.2) is 6.07 Å². The smallest absolute Gasteiger partial charge is 0.132 e. The van der Waals surface area contributed by atoms with Gasteiger partial charge in [-0.2, -0.15) is 0 Å². The zero-order chi connectivity index (χ0) is 12.9. The molecule has 17 heavy (non-hydrogen) atoms. The molecule has 3 N–H and O–H groups in total. The third-order valence-electron chi connectivity index (χ3n) is 2.26. The van der Waals surface area contributed by atoms with Gasteiger partial charge in [-0.1, -0.05) is 6.92 Å². The van der Waals surface area contributed by atoms with E-state index in [0.717, 1.165) is 24.6 Å². The number of aliphatic hydroxyl groups is 1. The third kappa shape index (κ3) is 4.56. The molecule has 0 spiro atoms. The molecule has 0 saturated carbocycles. The van der Waals surface area contributed by atoms with E-state index >= 15 is 0 Å². The molecule has 0 bridgehead atoms. The lowest BCUT2D eigenvalue weighted by atomic mass is 10.1. The van der Waals surface area contributed by atoms with Crippen LogP contribution >= 0.6 is 0 Å². The van der Waals surface area contributed by atoms with Crippen LogP contribution in [0.25, 0.3) is 0 Å². The number of rotatable bonds is 6. The minimum Gasteiger partial charge on any atom is -0.394 e. The predicted molar refractivity (Wildman–Crippen MR) is 70.3 cm³/mol. The molecule has 1 aromatic rings. The number of nitrogens with one attached hydrogen (secondary N) is 2. The van der Waals surface area contributed by atoms with Crippen LogP contribution in [0.5, 0.6) is 0 Å². The van der Waals surface area contributed by atoms with Crippen LogP contribution in [-0.2, 0) is 0 Å². The summed E-state index contributed by atoms with van der Waals surface area (Å²) in [5, 5.41) is 15.6. The molecule has 0 aromatic carbocycles. The van der Waals surface area contributed by atoms with Crippen molar-refractivity contribution < 1.29 is 5.11 Å². The minimum absolute atomic E-state index is 0.0494. The van der Waals surface area contributed by atoms with Gasteiger partial charge < -0.3 is 15.7 Å². The number of aliphatic hydroxyl groups excluding tert-OH is 1. The van der Waals surface area contributed by atoms with E-state index in [1.165, 1.54) is 0 Å². The summed E-state index contributed by atoms with van der Waals surface area (Å²) in [6.07, 6.45) is 1.05. The molecule has 0 radical (unpaired) electrons. The van der Waals surface area contributed by atoms with Crippen LogP contribution in [-0.4, -0.2) is 33.8 Å². The fourth-order valence-electron chi connectivity index (χ4n) is 1.36. The highest BCUT2D eigenvalue weighted by molar-refractivity contribution is 5.48. The molecule has 0 aliphatic heterocycles. The maximum absolute atomic E-state index is 9.21. The number of aromatic nitrogens is 2. The van der Waals surface area contributed by atoms with Crippen molar-refractivity contribution in [2.24, 2.45) is 0 Å². The molecule has 1 aromatic heterocycles. The first-order valence-corrected chi connectivity index (χ1v) is 5.95. The second-order valence-corrected chi connectivity index (χ2v) is 4.78. The first-order valence-electron chi connectivity index (χ1n) is 5.95. The lowest BCUT2D eigenvalue weighted by molar-refractivity contribution is 0.234. The Morgan fingerprint density at radius 1 is 1.29 bits per heavy atom. The van der Waals surface area contributed by atoms with Crippen molar-refractivity contribution in [3.8, 4) is 0 Å². The molecule has 1 rings (SSSR count). The lowest BCUT2D eigenvalue weighted by Gasteiger charge is -2.24. The minimum atomic E-state index is -0.386. The Morgan fingerprint density at radius 3 is 2.53 bits per heavy atom. The van der Waals surface area contributed by atoms with Gasteiger partial charge in [-0.15, -0.1) is 0 Å². The Hall–Kier alpha value is -1.36. The topological polar surface area (TPSA) is 70.1 Å². The van der Waals surface area contributed by atoms with Crippen molar-refractivity contribution in [1.82, 2.24) is 9.97 Å². The number of hydrogen-bond acceptors (Lipinski definition) is 5. The summed E-state index contributed by atoms with van der Waals surface area (Å²) in [5.41, 5.74) is -0.386. The second-order valence-electron chi connectivity index (χ2n) is 4.78. The van der Waals surface area contributed by atoms with Crippen LogP contribution in [0.3, 0.4) is 0 Å². The average molecular weight is 238 g/mol. The molecule has 0 amide bonds. The summed E-state index contributed by atoms with van der Waals surface area (Å²) in [6.45, 7) is 8.74. The highest BCUT2D eigenvalue weighted by Crippen LogP contribution is 2.16. The molecule has 96 valence electrons. The average Bonchev–Trinajstić information content (AvgIpc) is 2.25. The number of anilines is 2. The van der Waals surface area contributed by atoms with Crippen LogP contribution in [0, 0.1) is 6.92 Å². The lowest BCUT2D eigenvalue weighted by Crippen LogP contribution is -2.35. The summed E-state index contributed by atoms with van der Waals surface area (Å²) in [4.78, 5) is 8.60. The Labute approximate surface area is 103 Å². The quantitative estimate of drug-likeness (QED) is 0.705. The van der Waals surface area contributed by atoms with Gasteiger partial charge in [0.1, 0.15) is 17.5 Å². The van der Waals surface area contributed by atoms with E-state index in [1.54, 1.807) is 0 Å². The molecule has 0 aliphatic rings. The second kappa shape index (κ2) is 5.82. The van der Waals surface area contributed by atoms with Crippen molar-refractivity contribution >= 4 is 11.6 Å². The molecule has 5 nitrogen and oxygen atoms in total. The summed E-state index contributed by atoms with van der Waals surface area (Å²) in [6, 6.07) is 1.86. The summed E-state index contributed by atoms with van der Waals surface area (Å²) in [5.74, 6) is 2.26. The van der Waals surface area contributed by atoms with Gasteiger partial charge in [0.15, 0.2) is 0 Å². The molecule has 0 unspecified atom stereocenters. The monoisotopic (exact) mass is 238 g/mol. The highest BCUT2D eigenvalue weighted by Gasteiger charge is 2.16. The molecule has 0 fully saturated rings. The normalized spacial score (nSPS) is 11.4. The van der Waals surface area contributed by atoms with E-state index in [1.807, 2.05) is 26.8 Å². The number of nitrogens with zero attached hydrogens (tertiary/aromatic N) is 2. The Morgan fingerprint density at radius 2 is 1.94 bits per heavy atom. The molecular formula is C12H22N4O. The highest BCUT2D eigenvalue weighted by atomic mass is 16.3. The largest absolute Gasteiger partial charge is 0.394 e. The van der Waals surface area contributed by atoms with Crippen molar-refractivity contribution in [2.75, 3.05) is 23.8 Å². The standard InChI is InChI=1S/C12H22N4O/c1-5-6-13-10-7-11(15-9(2)14-10)16-12(3,4)8-17/h7,17H,5-6,8H2,1-4H3,(H2,13,14,15,16). The first kappa shape index (κ1) is 13.7. The van der Waals surface area contributed by atoms with E-state index in [-0.39, 0.29) is 12.1 Å². The van der Waals surface area contributed by atoms with Crippen LogP contribution in [0.4, 0.5) is 11.6 Å². The van der Waals surface area contributed by atoms with E-state index in [0.29, 0.717) is 5.82 Å². The van der Waals surface area contributed by atoms with Gasteiger partial charge in [0.2, 0.25) is 0 Å². The van der Waals surface area contributed by atoms with Crippen LogP contribution in [0.1, 0.15) is 33.0 Å². The molecular weight excluding hydrogens is 216 g/mol. The Kier molecular flexibility index (Phi) is 4.69. The van der Waals surface area contributed by atoms with Crippen LogP contribution < -0.4 is 10.6 Å². The fraction of sp³-hybridized carbons (Fsp3) is 0.667. The van der Waals surface area contributed by atoms with Gasteiger partial charge in [-0.3, -0.25) is 0 Å². The Bertz CT molecular complexity index is 366. The van der Waals surface area contributed by atoms with Crippen molar-refractivity contribution in [1.29, 1.82) is 0 Å². The van der Waals surface area contributed by atoms with Crippen molar-refractivity contribution in [2.45, 2.75) is 39.7 Å². The summed E-state index contributed by atoms with van der Waals surface area (Å²) in [7, 11) is 0. The van der Waals surface area contributed by atoms with E-state index in [2.05, 4.69) is 27.5 Å². The van der Waals surface area contributed by atoms with E-state index in [4.69, 9.17) is 0 Å². The maximum atomic E-state index is 9.21. The fourth-order valence-corrected chi connectivity index (χ4v) is 1.36. The van der Waals surface area contributed by atoms with E-state index < -0.39 is 0 Å². The third-order valence-corrected chi connectivity index (χ3v) is 2.26. The van der Waals surface area contributed by atoms with Crippen molar-refractivity contribution in [3.05, 3.63) is 11.9 Å². The van der Waals surface area contributed by atoms with Gasteiger partial charge in [0.05, 0.1) is 12.1 Å². The first-order chi connectivity index (χ1) is 7.96. The molecule has 0 saturated heterocycles. The van der Waals surface area contributed by atoms with Gasteiger partial charge in [0.25, 0.3) is 0 Å². The summed E-state index contributed by atoms with van der Waals surface area (Å²) >= 11 is 0. The van der Waals surface area contributed by atoms with E-state index in [9.17, 15) is 5.11 Å². The van der Waals surface area contributed by atoms with Crippen LogP contribution in [0.2, 0.25) is 0 Å². The van der Waals surface area contributed by atoms with Crippen molar-refractivity contribution in [3.63, 3.8) is 0 Å². The zero-order valence-electron chi connectivity index (χ0n) is 11.0. The molecule has 1 heterocycles. The molecule has 0 atom stereocenters. The van der Waals surface area contributed by atoms with Gasteiger partial charge in [-0.25, -0.2) is 9.97 Å². The SMILES string of the molecule is CCCNc1cc(NC(C)(C)CO)nc(C)n1. The summed E-state index contributed by atoms with van der Waals surface area (Å²) < 4.78 is 0. The Balaban J connectivity index is 2.82. The maximum Gasteiger partial charge on any atom is 0.132 e. The number of aryl methyl sites for hydroxylation is 1. The van der Waals surface area contributed by atoms with Gasteiger partial charge >= 0.3 is 0 Å². The van der Waals surface area contributed by atoms with Gasteiger partial charge in [-0.05, 0) is 27.2 Å². The number of hydrogen-bond donors (Lipinski definition) is 3. The molecule has 0 aliphatic carbocycles. The van der Waals surface area contributed by atoms with Gasteiger partial charge in [0, 0.05) is 12.6 Å². The zero-order valence-corrected chi connectivity index (χ0v) is 11.0. The molecule has 5 heteroatoms.